The van der Waals surface area contributed by atoms with E-state index in [1.54, 1.807) is 6.92 Å². The lowest BCUT2D eigenvalue weighted by molar-refractivity contribution is -0.126. The fraction of sp³-hybridized carbons (Fsp3) is 0.909. The normalized spacial score (nSPS) is 17.2. The first-order chi connectivity index (χ1) is 6.44. The highest BCUT2D eigenvalue weighted by Crippen LogP contribution is 2.08. The molecule has 2 atom stereocenters. The third kappa shape index (κ3) is 4.61. The van der Waals surface area contributed by atoms with Crippen molar-refractivity contribution < 1.29 is 4.79 Å². The van der Waals surface area contributed by atoms with Crippen LogP contribution in [-0.2, 0) is 4.79 Å². The van der Waals surface area contributed by atoms with Gasteiger partial charge in [-0.2, -0.15) is 0 Å². The molecule has 0 rings (SSSR count). The van der Waals surface area contributed by atoms with Crippen LogP contribution in [0.15, 0.2) is 0 Å². The molecule has 0 radical (unpaired) electrons. The van der Waals surface area contributed by atoms with E-state index in [2.05, 4.69) is 19.2 Å². The van der Waals surface area contributed by atoms with Gasteiger partial charge < -0.3 is 11.1 Å². The number of nitrogens with two attached hydrogens (primary N) is 1. The quantitative estimate of drug-likeness (QED) is 0.685. The molecule has 0 spiro atoms. The minimum absolute atomic E-state index is 0.0281. The molecule has 0 aliphatic heterocycles. The van der Waals surface area contributed by atoms with Crippen molar-refractivity contribution in [2.45, 2.75) is 52.5 Å². The van der Waals surface area contributed by atoms with Gasteiger partial charge in [0.2, 0.25) is 5.91 Å². The van der Waals surface area contributed by atoms with Gasteiger partial charge in [0.15, 0.2) is 0 Å². The highest BCUT2D eigenvalue weighted by Gasteiger charge is 2.26. The highest BCUT2D eigenvalue weighted by molar-refractivity contribution is 5.85. The van der Waals surface area contributed by atoms with Gasteiger partial charge in [-0.25, -0.2) is 0 Å². The predicted octanol–water partition coefficient (Wildman–Crippen LogP) is 1.67. The summed E-state index contributed by atoms with van der Waals surface area (Å²) in [5.41, 5.74) is 5.18. The second kappa shape index (κ2) is 6.02. The van der Waals surface area contributed by atoms with Crippen LogP contribution in [0.1, 0.15) is 47.0 Å². The monoisotopic (exact) mass is 200 g/mol. The van der Waals surface area contributed by atoms with Crippen LogP contribution >= 0.6 is 0 Å². The highest BCUT2D eigenvalue weighted by atomic mass is 16.2. The molecule has 0 saturated carbocycles. The Labute approximate surface area is 87.4 Å². The first-order valence-corrected chi connectivity index (χ1v) is 5.51. The first-order valence-electron chi connectivity index (χ1n) is 5.51. The van der Waals surface area contributed by atoms with E-state index < -0.39 is 5.54 Å². The Bertz CT molecular complexity index is 178. The van der Waals surface area contributed by atoms with Gasteiger partial charge in [0.25, 0.3) is 0 Å². The summed E-state index contributed by atoms with van der Waals surface area (Å²) >= 11 is 0. The maximum absolute atomic E-state index is 11.6. The Morgan fingerprint density at radius 3 is 2.50 bits per heavy atom. The summed E-state index contributed by atoms with van der Waals surface area (Å²) < 4.78 is 0. The Balaban J connectivity index is 3.94. The molecule has 0 bridgehead atoms. The Hall–Kier alpha value is -0.570. The number of carbonyl (C=O) groups excluding carboxylic acids is 1. The zero-order valence-corrected chi connectivity index (χ0v) is 9.89. The summed E-state index contributed by atoms with van der Waals surface area (Å²) in [7, 11) is 0. The molecule has 84 valence electrons. The second-order valence-electron chi connectivity index (χ2n) is 4.39. The van der Waals surface area contributed by atoms with Crippen LogP contribution in [0, 0.1) is 5.92 Å². The molecule has 0 aromatic heterocycles. The van der Waals surface area contributed by atoms with E-state index >= 15 is 0 Å². The number of amides is 1. The molecule has 0 aliphatic rings. The van der Waals surface area contributed by atoms with Crippen molar-refractivity contribution in [1.29, 1.82) is 0 Å². The van der Waals surface area contributed by atoms with Gasteiger partial charge in [0, 0.05) is 6.54 Å². The first kappa shape index (κ1) is 13.4. The molecule has 14 heavy (non-hydrogen) atoms. The van der Waals surface area contributed by atoms with Gasteiger partial charge in [-0.3, -0.25) is 4.79 Å². The summed E-state index contributed by atoms with van der Waals surface area (Å²) in [4.78, 5) is 11.6. The minimum atomic E-state index is -0.706. The summed E-state index contributed by atoms with van der Waals surface area (Å²) in [6.07, 6.45) is 2.75. The van der Waals surface area contributed by atoms with Crippen LogP contribution < -0.4 is 11.1 Å². The summed E-state index contributed by atoms with van der Waals surface area (Å²) in [6.45, 7) is 8.79. The van der Waals surface area contributed by atoms with Gasteiger partial charge in [-0.15, -0.1) is 0 Å². The van der Waals surface area contributed by atoms with E-state index in [9.17, 15) is 4.79 Å². The van der Waals surface area contributed by atoms with Crippen molar-refractivity contribution in [2.75, 3.05) is 6.54 Å². The van der Waals surface area contributed by atoms with Gasteiger partial charge >= 0.3 is 0 Å². The molecule has 0 saturated heterocycles. The lowest BCUT2D eigenvalue weighted by Gasteiger charge is -2.23. The van der Waals surface area contributed by atoms with Crippen LogP contribution in [0.2, 0.25) is 0 Å². The van der Waals surface area contributed by atoms with Gasteiger partial charge in [-0.05, 0) is 19.3 Å². The SMILES string of the molecule is CCCC(C)(N)C(=O)NCC(C)CC. The zero-order chi connectivity index (χ0) is 11.2. The number of rotatable bonds is 6. The van der Waals surface area contributed by atoms with Crippen LogP contribution in [0.5, 0.6) is 0 Å². The largest absolute Gasteiger partial charge is 0.354 e. The number of hydrogen-bond donors (Lipinski definition) is 2. The zero-order valence-electron chi connectivity index (χ0n) is 9.89. The van der Waals surface area contributed by atoms with E-state index in [0.717, 1.165) is 25.8 Å². The van der Waals surface area contributed by atoms with Crippen LogP contribution in [0.4, 0.5) is 0 Å². The summed E-state index contributed by atoms with van der Waals surface area (Å²) in [5, 5.41) is 2.89. The number of nitrogens with one attached hydrogen (secondary N) is 1. The van der Waals surface area contributed by atoms with Crippen LogP contribution in [-0.4, -0.2) is 18.0 Å². The summed E-state index contributed by atoms with van der Waals surface area (Å²) in [6, 6.07) is 0. The lowest BCUT2D eigenvalue weighted by Crippen LogP contribution is -2.52. The Morgan fingerprint density at radius 2 is 2.07 bits per heavy atom. The van der Waals surface area contributed by atoms with E-state index in [4.69, 9.17) is 5.73 Å². The van der Waals surface area contributed by atoms with E-state index in [-0.39, 0.29) is 5.91 Å². The van der Waals surface area contributed by atoms with Gasteiger partial charge in [0.1, 0.15) is 0 Å². The molecule has 3 heteroatoms. The molecule has 0 aliphatic carbocycles. The molecule has 0 heterocycles. The number of carbonyl (C=O) groups is 1. The van der Waals surface area contributed by atoms with Crippen molar-refractivity contribution in [1.82, 2.24) is 5.32 Å². The molecule has 0 aromatic rings. The van der Waals surface area contributed by atoms with Crippen LogP contribution in [0.3, 0.4) is 0 Å². The van der Waals surface area contributed by atoms with Crippen molar-refractivity contribution in [3.8, 4) is 0 Å². The van der Waals surface area contributed by atoms with Crippen LogP contribution in [0.25, 0.3) is 0 Å². The fourth-order valence-corrected chi connectivity index (χ4v) is 1.25. The smallest absolute Gasteiger partial charge is 0.239 e. The fourth-order valence-electron chi connectivity index (χ4n) is 1.25. The van der Waals surface area contributed by atoms with Gasteiger partial charge in [-0.1, -0.05) is 33.6 Å². The van der Waals surface area contributed by atoms with Crippen molar-refractivity contribution in [3.05, 3.63) is 0 Å². The molecule has 1 amide bonds. The molecular formula is C11H24N2O. The topological polar surface area (TPSA) is 55.1 Å². The predicted molar refractivity (Wildman–Crippen MR) is 60.0 cm³/mol. The molecule has 3 N–H and O–H groups in total. The number of hydrogen-bond acceptors (Lipinski definition) is 2. The second-order valence-corrected chi connectivity index (χ2v) is 4.39. The average molecular weight is 200 g/mol. The van der Waals surface area contributed by atoms with E-state index in [1.165, 1.54) is 0 Å². The average Bonchev–Trinajstić information content (AvgIpc) is 2.13. The standard InChI is InChI=1S/C11H24N2O/c1-5-7-11(4,12)10(14)13-8-9(3)6-2/h9H,5-8,12H2,1-4H3,(H,13,14). The Kier molecular flexibility index (Phi) is 5.77. The van der Waals surface area contributed by atoms with E-state index in [0.29, 0.717) is 5.92 Å². The third-order valence-corrected chi connectivity index (χ3v) is 2.60. The van der Waals surface area contributed by atoms with E-state index in [1.807, 2.05) is 6.92 Å². The van der Waals surface area contributed by atoms with Gasteiger partial charge in [0.05, 0.1) is 5.54 Å². The third-order valence-electron chi connectivity index (χ3n) is 2.60. The molecule has 0 aromatic carbocycles. The molecule has 2 unspecified atom stereocenters. The molecule has 0 fully saturated rings. The van der Waals surface area contributed by atoms with Crippen molar-refractivity contribution in [3.63, 3.8) is 0 Å². The molecule has 3 nitrogen and oxygen atoms in total. The Morgan fingerprint density at radius 1 is 1.50 bits per heavy atom. The molecular weight excluding hydrogens is 176 g/mol. The summed E-state index contributed by atoms with van der Waals surface area (Å²) in [5.74, 6) is 0.496. The lowest BCUT2D eigenvalue weighted by atomic mass is 9.96. The van der Waals surface area contributed by atoms with Crippen molar-refractivity contribution in [2.24, 2.45) is 11.7 Å². The van der Waals surface area contributed by atoms with Crippen molar-refractivity contribution >= 4 is 5.91 Å². The maximum Gasteiger partial charge on any atom is 0.239 e. The minimum Gasteiger partial charge on any atom is -0.354 e. The maximum atomic E-state index is 11.6.